The van der Waals surface area contributed by atoms with Gasteiger partial charge in [-0.3, -0.25) is 9.78 Å². The molecule has 1 saturated carbocycles. The van der Waals surface area contributed by atoms with E-state index in [-0.39, 0.29) is 5.91 Å². The standard InChI is InChI=1S/C15H19N3O/c16-12-15(8-3-1-4-9-15)14(19)18-11-7-13-6-2-5-10-17-13/h2,5-6,10H,1,3-4,7-9,11H2,(H,18,19). The maximum atomic E-state index is 12.2. The Labute approximate surface area is 113 Å². The van der Waals surface area contributed by atoms with Gasteiger partial charge >= 0.3 is 0 Å². The van der Waals surface area contributed by atoms with E-state index in [0.717, 1.165) is 25.0 Å². The van der Waals surface area contributed by atoms with Crippen molar-refractivity contribution in [3.8, 4) is 6.07 Å². The maximum Gasteiger partial charge on any atom is 0.240 e. The predicted octanol–water partition coefficient (Wildman–Crippen LogP) is 2.21. The fourth-order valence-electron chi connectivity index (χ4n) is 2.56. The van der Waals surface area contributed by atoms with Crippen molar-refractivity contribution < 1.29 is 4.79 Å². The zero-order valence-electron chi connectivity index (χ0n) is 11.1. The number of aromatic nitrogens is 1. The van der Waals surface area contributed by atoms with Gasteiger partial charge in [-0.15, -0.1) is 0 Å². The van der Waals surface area contributed by atoms with Crippen LogP contribution in [-0.4, -0.2) is 17.4 Å². The van der Waals surface area contributed by atoms with Gasteiger partial charge in [-0.1, -0.05) is 25.3 Å². The Balaban J connectivity index is 1.85. The van der Waals surface area contributed by atoms with Crippen LogP contribution in [0.2, 0.25) is 0 Å². The van der Waals surface area contributed by atoms with Crippen molar-refractivity contribution in [3.05, 3.63) is 30.1 Å². The van der Waals surface area contributed by atoms with Crippen molar-refractivity contribution >= 4 is 5.91 Å². The van der Waals surface area contributed by atoms with Crippen LogP contribution in [0.5, 0.6) is 0 Å². The number of amides is 1. The largest absolute Gasteiger partial charge is 0.354 e. The third-order valence-corrected chi connectivity index (χ3v) is 3.75. The number of carbonyl (C=O) groups excluding carboxylic acids is 1. The summed E-state index contributed by atoms with van der Waals surface area (Å²) in [6, 6.07) is 7.98. The van der Waals surface area contributed by atoms with E-state index in [4.69, 9.17) is 0 Å². The number of carbonyl (C=O) groups is 1. The van der Waals surface area contributed by atoms with Crippen LogP contribution in [-0.2, 0) is 11.2 Å². The second-order valence-electron chi connectivity index (χ2n) is 5.08. The molecule has 1 aromatic rings. The zero-order chi connectivity index (χ0) is 13.6. The summed E-state index contributed by atoms with van der Waals surface area (Å²) in [7, 11) is 0. The van der Waals surface area contributed by atoms with Crippen LogP contribution in [0, 0.1) is 16.7 Å². The molecule has 1 fully saturated rings. The molecule has 0 spiro atoms. The van der Waals surface area contributed by atoms with Crippen LogP contribution >= 0.6 is 0 Å². The minimum Gasteiger partial charge on any atom is -0.354 e. The van der Waals surface area contributed by atoms with Gasteiger partial charge in [-0.2, -0.15) is 5.26 Å². The molecular formula is C15H19N3O. The highest BCUT2D eigenvalue weighted by Gasteiger charge is 2.39. The molecule has 0 unspecified atom stereocenters. The van der Waals surface area contributed by atoms with Crippen LogP contribution < -0.4 is 5.32 Å². The molecule has 4 nitrogen and oxygen atoms in total. The number of rotatable bonds is 4. The Morgan fingerprint density at radius 2 is 2.16 bits per heavy atom. The average Bonchev–Trinajstić information content (AvgIpc) is 2.49. The number of nitrogens with zero attached hydrogens (tertiary/aromatic N) is 2. The average molecular weight is 257 g/mol. The lowest BCUT2D eigenvalue weighted by Gasteiger charge is -2.29. The van der Waals surface area contributed by atoms with Crippen LogP contribution in [0.4, 0.5) is 0 Å². The highest BCUT2D eigenvalue weighted by molar-refractivity contribution is 5.85. The molecule has 1 aliphatic carbocycles. The van der Waals surface area contributed by atoms with E-state index in [1.54, 1.807) is 6.20 Å². The fourth-order valence-corrected chi connectivity index (χ4v) is 2.56. The topological polar surface area (TPSA) is 65.8 Å². The van der Waals surface area contributed by atoms with Gasteiger partial charge in [0.2, 0.25) is 5.91 Å². The molecule has 0 radical (unpaired) electrons. The summed E-state index contributed by atoms with van der Waals surface area (Å²) in [5.41, 5.74) is 0.167. The van der Waals surface area contributed by atoms with E-state index in [2.05, 4.69) is 16.4 Å². The van der Waals surface area contributed by atoms with Crippen LogP contribution in [0.3, 0.4) is 0 Å². The lowest BCUT2D eigenvalue weighted by molar-refractivity contribution is -0.129. The second kappa shape index (κ2) is 6.33. The third-order valence-electron chi connectivity index (χ3n) is 3.75. The van der Waals surface area contributed by atoms with E-state index in [9.17, 15) is 10.1 Å². The number of hydrogen-bond acceptors (Lipinski definition) is 3. The van der Waals surface area contributed by atoms with Crippen LogP contribution in [0.25, 0.3) is 0 Å². The Morgan fingerprint density at radius 3 is 2.79 bits per heavy atom. The van der Waals surface area contributed by atoms with E-state index >= 15 is 0 Å². The van der Waals surface area contributed by atoms with Gasteiger partial charge in [-0.05, 0) is 25.0 Å². The van der Waals surface area contributed by atoms with E-state index in [1.807, 2.05) is 18.2 Å². The summed E-state index contributed by atoms with van der Waals surface area (Å²) in [6.45, 7) is 0.541. The monoisotopic (exact) mass is 257 g/mol. The minimum absolute atomic E-state index is 0.106. The van der Waals surface area contributed by atoms with Crippen molar-refractivity contribution in [2.45, 2.75) is 38.5 Å². The quantitative estimate of drug-likeness (QED) is 0.899. The van der Waals surface area contributed by atoms with Crippen molar-refractivity contribution in [2.24, 2.45) is 5.41 Å². The van der Waals surface area contributed by atoms with Crippen molar-refractivity contribution in [2.75, 3.05) is 6.54 Å². The van der Waals surface area contributed by atoms with Gasteiger partial charge in [0.15, 0.2) is 0 Å². The highest BCUT2D eigenvalue weighted by atomic mass is 16.2. The highest BCUT2D eigenvalue weighted by Crippen LogP contribution is 2.35. The molecule has 4 heteroatoms. The molecule has 1 N–H and O–H groups in total. The Hall–Kier alpha value is -1.89. The maximum absolute atomic E-state index is 12.2. The third kappa shape index (κ3) is 3.31. The van der Waals surface area contributed by atoms with Crippen molar-refractivity contribution in [1.82, 2.24) is 10.3 Å². The first kappa shape index (κ1) is 13.5. The molecule has 0 bridgehead atoms. The first-order valence-electron chi connectivity index (χ1n) is 6.86. The molecule has 19 heavy (non-hydrogen) atoms. The molecule has 1 amide bonds. The van der Waals surface area contributed by atoms with Crippen LogP contribution in [0.15, 0.2) is 24.4 Å². The summed E-state index contributed by atoms with van der Waals surface area (Å²) in [4.78, 5) is 16.4. The number of pyridine rings is 1. The number of nitriles is 1. The Bertz CT molecular complexity index is 458. The van der Waals surface area contributed by atoms with Gasteiger partial charge in [0.05, 0.1) is 6.07 Å². The summed E-state index contributed by atoms with van der Waals surface area (Å²) in [5.74, 6) is -0.106. The minimum atomic E-state index is -0.789. The molecule has 0 aliphatic heterocycles. The molecule has 1 aliphatic rings. The molecule has 0 atom stereocenters. The summed E-state index contributed by atoms with van der Waals surface area (Å²) in [5, 5.41) is 12.2. The normalized spacial score (nSPS) is 17.4. The van der Waals surface area contributed by atoms with E-state index < -0.39 is 5.41 Å². The van der Waals surface area contributed by atoms with E-state index in [0.29, 0.717) is 25.8 Å². The smallest absolute Gasteiger partial charge is 0.240 e. The fraction of sp³-hybridized carbons (Fsp3) is 0.533. The van der Waals surface area contributed by atoms with E-state index in [1.165, 1.54) is 0 Å². The van der Waals surface area contributed by atoms with Crippen LogP contribution in [0.1, 0.15) is 37.8 Å². The SMILES string of the molecule is N#CC1(C(=O)NCCc2ccccn2)CCCCC1. The van der Waals surface area contributed by atoms with Crippen molar-refractivity contribution in [3.63, 3.8) is 0 Å². The molecule has 100 valence electrons. The van der Waals surface area contributed by atoms with Gasteiger partial charge < -0.3 is 5.32 Å². The Morgan fingerprint density at radius 1 is 1.37 bits per heavy atom. The number of nitrogens with one attached hydrogen (secondary N) is 1. The number of hydrogen-bond donors (Lipinski definition) is 1. The summed E-state index contributed by atoms with van der Waals surface area (Å²) < 4.78 is 0. The molecule has 1 heterocycles. The van der Waals surface area contributed by atoms with Gasteiger partial charge in [0.1, 0.15) is 5.41 Å². The Kier molecular flexibility index (Phi) is 4.51. The molecule has 0 aromatic carbocycles. The zero-order valence-corrected chi connectivity index (χ0v) is 11.1. The molecule has 1 aromatic heterocycles. The summed E-state index contributed by atoms with van der Waals surface area (Å²) in [6.07, 6.45) is 6.91. The van der Waals surface area contributed by atoms with Gasteiger partial charge in [0, 0.05) is 24.9 Å². The molecular weight excluding hydrogens is 238 g/mol. The van der Waals surface area contributed by atoms with Crippen molar-refractivity contribution in [1.29, 1.82) is 5.26 Å². The van der Waals surface area contributed by atoms with Gasteiger partial charge in [-0.25, -0.2) is 0 Å². The molecule has 2 rings (SSSR count). The lowest BCUT2D eigenvalue weighted by Crippen LogP contribution is -2.42. The molecule has 0 saturated heterocycles. The second-order valence-corrected chi connectivity index (χ2v) is 5.08. The first-order valence-corrected chi connectivity index (χ1v) is 6.86. The summed E-state index contributed by atoms with van der Waals surface area (Å²) >= 11 is 0. The predicted molar refractivity (Wildman–Crippen MR) is 72.1 cm³/mol. The lowest BCUT2D eigenvalue weighted by atomic mass is 9.74. The van der Waals surface area contributed by atoms with Gasteiger partial charge in [0.25, 0.3) is 0 Å². The first-order chi connectivity index (χ1) is 9.27.